The molecule has 0 aromatic carbocycles. The Morgan fingerprint density at radius 3 is 2.55 bits per heavy atom. The minimum Gasteiger partial charge on any atom is -0.478 e. The molecule has 1 aromatic rings. The third kappa shape index (κ3) is 2.55. The molecule has 2 aliphatic rings. The number of aromatic nitrogens is 1. The number of sulfonamides is 1. The molecule has 0 saturated heterocycles. The summed E-state index contributed by atoms with van der Waals surface area (Å²) in [6.07, 6.45) is 5.64. The van der Waals surface area contributed by atoms with Crippen molar-refractivity contribution in [1.82, 2.24) is 9.71 Å². The number of hydrogen-bond acceptors (Lipinski definition) is 4. The lowest BCUT2D eigenvalue weighted by Crippen LogP contribution is -2.31. The second-order valence-electron chi connectivity index (χ2n) is 5.65. The van der Waals surface area contributed by atoms with E-state index < -0.39 is 16.0 Å². The van der Waals surface area contributed by atoms with Gasteiger partial charge in [0.2, 0.25) is 0 Å². The fraction of sp³-hybridized carbons (Fsp3) is 0.538. The summed E-state index contributed by atoms with van der Waals surface area (Å²) in [5.74, 6) is -0.451. The van der Waals surface area contributed by atoms with Crippen molar-refractivity contribution in [2.75, 3.05) is 6.54 Å². The average molecular weight is 296 g/mol. The lowest BCUT2D eigenvalue weighted by Gasteiger charge is -2.14. The molecule has 0 unspecified atom stereocenters. The van der Waals surface area contributed by atoms with Crippen molar-refractivity contribution in [2.24, 2.45) is 11.3 Å². The van der Waals surface area contributed by atoms with Crippen molar-refractivity contribution >= 4 is 16.0 Å². The molecule has 2 N–H and O–H groups in total. The Bertz CT molecular complexity index is 631. The van der Waals surface area contributed by atoms with E-state index in [1.807, 2.05) is 0 Å². The van der Waals surface area contributed by atoms with E-state index in [0.717, 1.165) is 19.0 Å². The molecule has 6 nitrogen and oxygen atoms in total. The number of carboxylic acid groups (broad SMARTS) is 1. The molecule has 1 heterocycles. The number of aromatic carboxylic acids is 1. The third-order valence-corrected chi connectivity index (χ3v) is 5.53. The zero-order valence-corrected chi connectivity index (χ0v) is 11.7. The highest BCUT2D eigenvalue weighted by Crippen LogP contribution is 2.60. The molecule has 108 valence electrons. The van der Waals surface area contributed by atoms with Gasteiger partial charge in [-0.05, 0) is 49.1 Å². The van der Waals surface area contributed by atoms with Crippen LogP contribution in [0.3, 0.4) is 0 Å². The molecule has 3 rings (SSSR count). The van der Waals surface area contributed by atoms with Gasteiger partial charge in [-0.15, -0.1) is 0 Å². The average Bonchev–Trinajstić information content (AvgIpc) is 3.28. The van der Waals surface area contributed by atoms with Crippen molar-refractivity contribution < 1.29 is 18.3 Å². The summed E-state index contributed by atoms with van der Waals surface area (Å²) in [5.41, 5.74) is 0.147. The van der Waals surface area contributed by atoms with E-state index in [9.17, 15) is 13.2 Å². The first-order chi connectivity index (χ1) is 9.43. The van der Waals surface area contributed by atoms with Crippen LogP contribution in [0.4, 0.5) is 0 Å². The Morgan fingerprint density at radius 1 is 1.40 bits per heavy atom. The topological polar surface area (TPSA) is 96.4 Å². The Balaban J connectivity index is 1.69. The van der Waals surface area contributed by atoms with Crippen molar-refractivity contribution in [2.45, 2.75) is 30.7 Å². The molecule has 20 heavy (non-hydrogen) atoms. The highest BCUT2D eigenvalue weighted by atomic mass is 32.2. The summed E-state index contributed by atoms with van der Waals surface area (Å²) >= 11 is 0. The standard InChI is InChI=1S/C13H16N2O4S/c16-12(17)9-1-4-11(14-7-9)20(18,19)15-8-13(5-6-13)10-2-3-10/h1,4,7,10,15H,2-3,5-6,8H2,(H,16,17). The minimum atomic E-state index is -3.66. The van der Waals surface area contributed by atoms with E-state index in [1.54, 1.807) is 0 Å². The Kier molecular flexibility index (Phi) is 3.06. The van der Waals surface area contributed by atoms with Crippen LogP contribution in [0.15, 0.2) is 23.4 Å². The Hall–Kier alpha value is -1.47. The molecule has 0 spiro atoms. The normalized spacial score (nSPS) is 20.6. The summed E-state index contributed by atoms with van der Waals surface area (Å²) in [6.45, 7) is 0.461. The number of carbonyl (C=O) groups is 1. The molecule has 0 bridgehead atoms. The molecule has 1 aromatic heterocycles. The maximum Gasteiger partial charge on any atom is 0.337 e. The van der Waals surface area contributed by atoms with Gasteiger partial charge in [-0.1, -0.05) is 0 Å². The number of hydrogen-bond donors (Lipinski definition) is 2. The predicted molar refractivity (Wildman–Crippen MR) is 70.8 cm³/mol. The van der Waals surface area contributed by atoms with Gasteiger partial charge in [0.05, 0.1) is 5.56 Å². The van der Waals surface area contributed by atoms with Gasteiger partial charge in [0.25, 0.3) is 10.0 Å². The van der Waals surface area contributed by atoms with Gasteiger partial charge < -0.3 is 5.11 Å². The maximum absolute atomic E-state index is 12.1. The SMILES string of the molecule is O=C(O)c1ccc(S(=O)(=O)NCC2(C3CC3)CC2)nc1. The largest absolute Gasteiger partial charge is 0.478 e. The van der Waals surface area contributed by atoms with E-state index in [0.29, 0.717) is 12.5 Å². The van der Waals surface area contributed by atoms with Gasteiger partial charge in [0.1, 0.15) is 0 Å². The highest BCUT2D eigenvalue weighted by molar-refractivity contribution is 7.89. The quantitative estimate of drug-likeness (QED) is 0.823. The number of nitrogens with zero attached hydrogens (tertiary/aromatic N) is 1. The third-order valence-electron chi connectivity index (χ3n) is 4.21. The molecular formula is C13H16N2O4S. The molecule has 7 heteroatoms. The monoisotopic (exact) mass is 296 g/mol. The van der Waals surface area contributed by atoms with Crippen molar-refractivity contribution in [3.05, 3.63) is 23.9 Å². The number of nitrogens with one attached hydrogen (secondary N) is 1. The summed E-state index contributed by atoms with van der Waals surface area (Å²) < 4.78 is 26.8. The molecule has 0 aliphatic heterocycles. The second kappa shape index (κ2) is 4.53. The van der Waals surface area contributed by atoms with Gasteiger partial charge in [-0.2, -0.15) is 0 Å². The van der Waals surface area contributed by atoms with Crippen LogP contribution in [-0.4, -0.2) is 31.0 Å². The van der Waals surface area contributed by atoms with Crippen LogP contribution in [0, 0.1) is 11.3 Å². The minimum absolute atomic E-state index is 0.0272. The van der Waals surface area contributed by atoms with E-state index in [4.69, 9.17) is 5.11 Å². The van der Waals surface area contributed by atoms with Gasteiger partial charge in [0, 0.05) is 12.7 Å². The van der Waals surface area contributed by atoms with Crippen LogP contribution in [0.1, 0.15) is 36.0 Å². The van der Waals surface area contributed by atoms with Gasteiger partial charge >= 0.3 is 5.97 Å². The van der Waals surface area contributed by atoms with Crippen molar-refractivity contribution in [3.63, 3.8) is 0 Å². The number of pyridine rings is 1. The first-order valence-corrected chi connectivity index (χ1v) is 8.10. The van der Waals surface area contributed by atoms with E-state index in [1.165, 1.54) is 25.0 Å². The van der Waals surface area contributed by atoms with E-state index in [-0.39, 0.29) is 16.0 Å². The van der Waals surface area contributed by atoms with Crippen LogP contribution < -0.4 is 4.72 Å². The maximum atomic E-state index is 12.1. The van der Waals surface area contributed by atoms with Crippen LogP contribution >= 0.6 is 0 Å². The van der Waals surface area contributed by atoms with E-state index >= 15 is 0 Å². The number of carboxylic acids is 1. The molecule has 0 radical (unpaired) electrons. The lowest BCUT2D eigenvalue weighted by molar-refractivity contribution is 0.0696. The molecule has 0 amide bonds. The van der Waals surface area contributed by atoms with Crippen LogP contribution in [0.2, 0.25) is 0 Å². The van der Waals surface area contributed by atoms with Gasteiger partial charge in [-0.3, -0.25) is 0 Å². The Labute approximate surface area is 117 Å². The summed E-state index contributed by atoms with van der Waals surface area (Å²) in [7, 11) is -3.66. The first kappa shape index (κ1) is 13.5. The molecule has 2 fully saturated rings. The summed E-state index contributed by atoms with van der Waals surface area (Å²) in [6, 6.07) is 2.47. The van der Waals surface area contributed by atoms with E-state index in [2.05, 4.69) is 9.71 Å². The van der Waals surface area contributed by atoms with Crippen molar-refractivity contribution in [1.29, 1.82) is 0 Å². The molecule has 2 saturated carbocycles. The first-order valence-electron chi connectivity index (χ1n) is 6.62. The number of rotatable bonds is 6. The predicted octanol–water partition coefficient (Wildman–Crippen LogP) is 1.25. The molecule has 2 aliphatic carbocycles. The summed E-state index contributed by atoms with van der Waals surface area (Å²) in [4.78, 5) is 14.4. The van der Waals surface area contributed by atoms with Gasteiger partial charge in [-0.25, -0.2) is 22.9 Å². The van der Waals surface area contributed by atoms with Crippen LogP contribution in [0.25, 0.3) is 0 Å². The Morgan fingerprint density at radius 2 is 2.10 bits per heavy atom. The smallest absolute Gasteiger partial charge is 0.337 e. The lowest BCUT2D eigenvalue weighted by atomic mass is 10.0. The zero-order chi connectivity index (χ0) is 14.4. The zero-order valence-electron chi connectivity index (χ0n) is 10.9. The summed E-state index contributed by atoms with van der Waals surface area (Å²) in [5, 5.41) is 8.63. The fourth-order valence-electron chi connectivity index (χ4n) is 2.56. The molecule has 0 atom stereocenters. The van der Waals surface area contributed by atoms with Crippen LogP contribution in [-0.2, 0) is 10.0 Å². The molecular weight excluding hydrogens is 280 g/mol. The van der Waals surface area contributed by atoms with Gasteiger partial charge in [0.15, 0.2) is 5.03 Å². The van der Waals surface area contributed by atoms with Crippen LogP contribution in [0.5, 0.6) is 0 Å². The highest BCUT2D eigenvalue weighted by Gasteiger charge is 2.53. The van der Waals surface area contributed by atoms with Crippen molar-refractivity contribution in [3.8, 4) is 0 Å². The fourth-order valence-corrected chi connectivity index (χ4v) is 3.63. The second-order valence-corrected chi connectivity index (χ2v) is 7.37.